The van der Waals surface area contributed by atoms with Gasteiger partial charge in [-0.25, -0.2) is 0 Å². The quantitative estimate of drug-likeness (QED) is 0.771. The lowest BCUT2D eigenvalue weighted by atomic mass is 10.0. The van der Waals surface area contributed by atoms with Gasteiger partial charge in [0.15, 0.2) is 5.78 Å². The largest absolute Gasteiger partial charge is 0.378 e. The highest BCUT2D eigenvalue weighted by atomic mass is 16.1. The van der Waals surface area contributed by atoms with Gasteiger partial charge in [0.05, 0.1) is 0 Å². The van der Waals surface area contributed by atoms with Gasteiger partial charge in [0, 0.05) is 50.7 Å². The highest BCUT2D eigenvalue weighted by molar-refractivity contribution is 5.96. The molecule has 19 heavy (non-hydrogen) atoms. The zero-order valence-electron chi connectivity index (χ0n) is 11.6. The minimum Gasteiger partial charge on any atom is -0.378 e. The van der Waals surface area contributed by atoms with Crippen LogP contribution >= 0.6 is 0 Å². The standard InChI is InChI=1S/C15H19N3O/c1-17(2)13-6-4-12(5-7-13)15(19)9-8-14-10-11-16-18(14)3/h4-7,10-11H,8-9H2,1-3H3. The minimum absolute atomic E-state index is 0.173. The first-order valence-corrected chi connectivity index (χ1v) is 6.35. The molecule has 0 aliphatic rings. The van der Waals surface area contributed by atoms with Crippen molar-refractivity contribution >= 4 is 11.5 Å². The fourth-order valence-electron chi connectivity index (χ4n) is 1.98. The number of ketones is 1. The molecule has 1 aromatic heterocycles. The number of rotatable bonds is 5. The fraction of sp³-hybridized carbons (Fsp3) is 0.333. The number of carbonyl (C=O) groups is 1. The zero-order valence-corrected chi connectivity index (χ0v) is 11.6. The molecule has 0 atom stereocenters. The van der Waals surface area contributed by atoms with E-state index in [-0.39, 0.29) is 5.78 Å². The van der Waals surface area contributed by atoms with E-state index in [1.807, 2.05) is 61.1 Å². The summed E-state index contributed by atoms with van der Waals surface area (Å²) in [7, 11) is 5.87. The molecule has 0 radical (unpaired) electrons. The molecule has 0 aliphatic carbocycles. The van der Waals surface area contributed by atoms with Crippen molar-refractivity contribution in [3.05, 3.63) is 47.8 Å². The number of benzene rings is 1. The maximum absolute atomic E-state index is 12.1. The Morgan fingerprint density at radius 2 is 1.89 bits per heavy atom. The fourth-order valence-corrected chi connectivity index (χ4v) is 1.98. The highest BCUT2D eigenvalue weighted by Gasteiger charge is 2.08. The molecule has 0 aliphatic heterocycles. The lowest BCUT2D eigenvalue weighted by Gasteiger charge is -2.12. The summed E-state index contributed by atoms with van der Waals surface area (Å²) in [5.41, 5.74) is 2.95. The first kappa shape index (κ1) is 13.3. The molecule has 0 fully saturated rings. The lowest BCUT2D eigenvalue weighted by molar-refractivity contribution is 0.0982. The monoisotopic (exact) mass is 257 g/mol. The smallest absolute Gasteiger partial charge is 0.163 e. The van der Waals surface area contributed by atoms with Crippen LogP contribution in [-0.2, 0) is 13.5 Å². The van der Waals surface area contributed by atoms with Crippen LogP contribution < -0.4 is 4.90 Å². The van der Waals surface area contributed by atoms with Gasteiger partial charge in [-0.2, -0.15) is 5.10 Å². The van der Waals surface area contributed by atoms with Gasteiger partial charge in [0.2, 0.25) is 0 Å². The van der Waals surface area contributed by atoms with Gasteiger partial charge < -0.3 is 4.90 Å². The molecule has 4 nitrogen and oxygen atoms in total. The van der Waals surface area contributed by atoms with E-state index in [9.17, 15) is 4.79 Å². The van der Waals surface area contributed by atoms with Crippen molar-refractivity contribution < 1.29 is 4.79 Å². The molecule has 0 saturated heterocycles. The first-order valence-electron chi connectivity index (χ1n) is 6.35. The van der Waals surface area contributed by atoms with Crippen molar-refractivity contribution in [3.8, 4) is 0 Å². The molecular weight excluding hydrogens is 238 g/mol. The van der Waals surface area contributed by atoms with Crippen LogP contribution in [0.25, 0.3) is 0 Å². The molecule has 1 aromatic carbocycles. The van der Waals surface area contributed by atoms with Crippen LogP contribution in [0.5, 0.6) is 0 Å². The predicted molar refractivity (Wildman–Crippen MR) is 76.6 cm³/mol. The third-order valence-electron chi connectivity index (χ3n) is 3.24. The molecule has 0 bridgehead atoms. The van der Waals surface area contributed by atoms with Crippen LogP contribution in [0.2, 0.25) is 0 Å². The van der Waals surface area contributed by atoms with Crippen molar-refractivity contribution in [2.45, 2.75) is 12.8 Å². The molecule has 0 saturated carbocycles. The molecule has 0 spiro atoms. The topological polar surface area (TPSA) is 38.1 Å². The second-order valence-electron chi connectivity index (χ2n) is 4.81. The van der Waals surface area contributed by atoms with E-state index in [2.05, 4.69) is 5.10 Å². The molecule has 1 heterocycles. The summed E-state index contributed by atoms with van der Waals surface area (Å²) in [4.78, 5) is 14.1. The minimum atomic E-state index is 0.173. The Bertz CT molecular complexity index is 555. The van der Waals surface area contributed by atoms with Crippen LogP contribution in [0.1, 0.15) is 22.5 Å². The Morgan fingerprint density at radius 1 is 1.21 bits per heavy atom. The lowest BCUT2D eigenvalue weighted by Crippen LogP contribution is -2.09. The third kappa shape index (κ3) is 3.22. The number of nitrogens with zero attached hydrogens (tertiary/aromatic N) is 3. The number of hydrogen-bond acceptors (Lipinski definition) is 3. The van der Waals surface area contributed by atoms with Crippen molar-refractivity contribution in [2.24, 2.45) is 7.05 Å². The van der Waals surface area contributed by atoms with Gasteiger partial charge in [-0.05, 0) is 36.8 Å². The van der Waals surface area contributed by atoms with Crippen molar-refractivity contribution in [1.29, 1.82) is 0 Å². The summed E-state index contributed by atoms with van der Waals surface area (Å²) < 4.78 is 1.81. The molecule has 4 heteroatoms. The van der Waals surface area contributed by atoms with Crippen LogP contribution in [0.3, 0.4) is 0 Å². The molecule has 0 amide bonds. The number of aryl methyl sites for hydroxylation is 2. The van der Waals surface area contributed by atoms with Crippen LogP contribution in [0, 0.1) is 0 Å². The van der Waals surface area contributed by atoms with E-state index >= 15 is 0 Å². The zero-order chi connectivity index (χ0) is 13.8. The Hall–Kier alpha value is -2.10. The second kappa shape index (κ2) is 5.69. The molecule has 0 unspecified atom stereocenters. The Morgan fingerprint density at radius 3 is 2.42 bits per heavy atom. The van der Waals surface area contributed by atoms with E-state index in [0.29, 0.717) is 6.42 Å². The predicted octanol–water partition coefficient (Wildman–Crippen LogP) is 2.30. The summed E-state index contributed by atoms with van der Waals surface area (Å²) in [5.74, 6) is 0.173. The summed E-state index contributed by atoms with van der Waals surface area (Å²) in [6, 6.07) is 9.67. The van der Waals surface area contributed by atoms with Crippen LogP contribution in [0.15, 0.2) is 36.5 Å². The Balaban J connectivity index is 1.98. The van der Waals surface area contributed by atoms with Gasteiger partial charge in [0.1, 0.15) is 0 Å². The maximum atomic E-state index is 12.1. The van der Waals surface area contributed by atoms with Gasteiger partial charge in [-0.1, -0.05) is 0 Å². The summed E-state index contributed by atoms with van der Waals surface area (Å²) in [6.07, 6.45) is 3.00. The van der Waals surface area contributed by atoms with E-state index in [4.69, 9.17) is 0 Å². The van der Waals surface area contributed by atoms with E-state index in [1.165, 1.54) is 0 Å². The van der Waals surface area contributed by atoms with Crippen molar-refractivity contribution in [1.82, 2.24) is 9.78 Å². The number of hydrogen-bond donors (Lipinski definition) is 0. The third-order valence-corrected chi connectivity index (χ3v) is 3.24. The van der Waals surface area contributed by atoms with E-state index in [0.717, 1.165) is 23.4 Å². The van der Waals surface area contributed by atoms with Crippen molar-refractivity contribution in [3.63, 3.8) is 0 Å². The summed E-state index contributed by atoms with van der Waals surface area (Å²) in [5, 5.41) is 4.10. The average molecular weight is 257 g/mol. The summed E-state index contributed by atoms with van der Waals surface area (Å²) in [6.45, 7) is 0. The molecule has 100 valence electrons. The number of Topliss-reactive ketones (excluding diaryl/α,β-unsaturated/α-hetero) is 1. The molecular formula is C15H19N3O. The molecule has 0 N–H and O–H groups in total. The normalized spacial score (nSPS) is 10.5. The van der Waals surface area contributed by atoms with Gasteiger partial charge in [-0.3, -0.25) is 9.48 Å². The van der Waals surface area contributed by atoms with E-state index < -0.39 is 0 Å². The first-order chi connectivity index (χ1) is 9.08. The molecule has 2 rings (SSSR count). The SMILES string of the molecule is CN(C)c1ccc(C(=O)CCc2ccnn2C)cc1. The second-order valence-corrected chi connectivity index (χ2v) is 4.81. The number of carbonyl (C=O) groups excluding carboxylic acids is 1. The van der Waals surface area contributed by atoms with Gasteiger partial charge in [-0.15, -0.1) is 0 Å². The van der Waals surface area contributed by atoms with E-state index in [1.54, 1.807) is 6.20 Å². The van der Waals surface area contributed by atoms with Crippen molar-refractivity contribution in [2.75, 3.05) is 19.0 Å². The maximum Gasteiger partial charge on any atom is 0.163 e. The Kier molecular flexibility index (Phi) is 4.00. The Labute approximate surface area is 113 Å². The average Bonchev–Trinajstić information content (AvgIpc) is 2.81. The highest BCUT2D eigenvalue weighted by Crippen LogP contribution is 2.14. The summed E-state index contributed by atoms with van der Waals surface area (Å²) >= 11 is 0. The number of anilines is 1. The molecule has 2 aromatic rings. The van der Waals surface area contributed by atoms with Crippen LogP contribution in [-0.4, -0.2) is 29.7 Å². The van der Waals surface area contributed by atoms with Crippen LogP contribution in [0.4, 0.5) is 5.69 Å². The number of aromatic nitrogens is 2. The van der Waals surface area contributed by atoms with Gasteiger partial charge >= 0.3 is 0 Å². The van der Waals surface area contributed by atoms with Gasteiger partial charge in [0.25, 0.3) is 0 Å².